The first-order chi connectivity index (χ1) is 15.0. The fourth-order valence-electron chi connectivity index (χ4n) is 3.83. The van der Waals surface area contributed by atoms with E-state index in [1.165, 1.54) is 0 Å². The van der Waals surface area contributed by atoms with Crippen LogP contribution in [0, 0.1) is 11.8 Å². The zero-order valence-corrected chi connectivity index (χ0v) is 18.2. The maximum atomic E-state index is 12.9. The topological polar surface area (TPSA) is 78.5 Å². The van der Waals surface area contributed by atoms with Gasteiger partial charge in [-0.05, 0) is 48.9 Å². The highest BCUT2D eigenvalue weighted by molar-refractivity contribution is 5.97. The highest BCUT2D eigenvalue weighted by atomic mass is 16.2. The summed E-state index contributed by atoms with van der Waals surface area (Å²) < 4.78 is 0. The fraction of sp³-hybridized carbons (Fsp3) is 0.400. The molecule has 2 aromatic rings. The second kappa shape index (κ2) is 10.8. The van der Waals surface area contributed by atoms with Gasteiger partial charge in [0, 0.05) is 30.8 Å². The molecule has 164 valence electrons. The molecule has 31 heavy (non-hydrogen) atoms. The molecular weight excluding hydrogens is 390 g/mol. The number of piperidine rings is 1. The monoisotopic (exact) mass is 421 g/mol. The Morgan fingerprint density at radius 1 is 0.903 bits per heavy atom. The Labute approximate surface area is 184 Å². The lowest BCUT2D eigenvalue weighted by molar-refractivity contribution is -0.124. The molecular formula is C25H31N3O3. The number of rotatable bonds is 7. The molecule has 1 saturated heterocycles. The third-order valence-electron chi connectivity index (χ3n) is 5.61. The Hall–Kier alpha value is -3.15. The first-order valence-corrected chi connectivity index (χ1v) is 10.9. The van der Waals surface area contributed by atoms with Crippen LogP contribution in [0.15, 0.2) is 60.7 Å². The highest BCUT2D eigenvalue weighted by Gasteiger charge is 2.34. The molecule has 0 aromatic heterocycles. The number of likely N-dealkylation sites (tertiary alicyclic amines) is 1. The van der Waals surface area contributed by atoms with E-state index in [-0.39, 0.29) is 23.6 Å². The van der Waals surface area contributed by atoms with Crippen LogP contribution in [0.1, 0.15) is 47.4 Å². The van der Waals surface area contributed by atoms with Crippen LogP contribution in [-0.2, 0) is 4.79 Å². The Kier molecular flexibility index (Phi) is 7.82. The van der Waals surface area contributed by atoms with Crippen molar-refractivity contribution < 1.29 is 14.4 Å². The first kappa shape index (κ1) is 22.5. The minimum atomic E-state index is -0.625. The summed E-state index contributed by atoms with van der Waals surface area (Å²) in [6, 6.07) is 17.5. The van der Waals surface area contributed by atoms with Gasteiger partial charge in [-0.2, -0.15) is 0 Å². The van der Waals surface area contributed by atoms with Crippen molar-refractivity contribution in [3.05, 3.63) is 71.8 Å². The van der Waals surface area contributed by atoms with Crippen molar-refractivity contribution in [2.24, 2.45) is 11.8 Å². The van der Waals surface area contributed by atoms with E-state index in [2.05, 4.69) is 10.6 Å². The van der Waals surface area contributed by atoms with Crippen molar-refractivity contribution >= 4 is 17.7 Å². The van der Waals surface area contributed by atoms with E-state index in [0.717, 1.165) is 0 Å². The Morgan fingerprint density at radius 2 is 1.45 bits per heavy atom. The molecule has 1 heterocycles. The lowest BCUT2D eigenvalue weighted by Crippen LogP contribution is -2.54. The normalized spacial score (nSPS) is 15.4. The molecule has 3 amide bonds. The van der Waals surface area contributed by atoms with Gasteiger partial charge >= 0.3 is 0 Å². The molecule has 6 heteroatoms. The standard InChI is InChI=1S/C25H31N3O3/c1-18(2)17-26-24(30)22(27-23(29)20-9-5-3-6-10-20)19-13-15-28(16-14-19)25(31)21-11-7-4-8-12-21/h3-12,18-19,22H,13-17H2,1-2H3,(H,26,30)(H,27,29)/t22-/m0/s1. The Bertz CT molecular complexity index is 875. The number of amides is 3. The van der Waals surface area contributed by atoms with Crippen LogP contribution in [0.4, 0.5) is 0 Å². The zero-order valence-electron chi connectivity index (χ0n) is 18.2. The number of hydrogen-bond acceptors (Lipinski definition) is 3. The van der Waals surface area contributed by atoms with Gasteiger partial charge in [0.1, 0.15) is 6.04 Å². The van der Waals surface area contributed by atoms with Crippen LogP contribution in [0.3, 0.4) is 0 Å². The summed E-state index contributed by atoms with van der Waals surface area (Å²) in [6.07, 6.45) is 1.32. The number of nitrogens with zero attached hydrogens (tertiary/aromatic N) is 1. The van der Waals surface area contributed by atoms with E-state index in [1.807, 2.05) is 55.1 Å². The van der Waals surface area contributed by atoms with E-state index in [9.17, 15) is 14.4 Å². The quantitative estimate of drug-likeness (QED) is 0.721. The zero-order chi connectivity index (χ0) is 22.2. The lowest BCUT2D eigenvalue weighted by Gasteiger charge is -2.36. The van der Waals surface area contributed by atoms with Crippen LogP contribution >= 0.6 is 0 Å². The first-order valence-electron chi connectivity index (χ1n) is 10.9. The van der Waals surface area contributed by atoms with E-state index < -0.39 is 6.04 Å². The van der Waals surface area contributed by atoms with Gasteiger partial charge in [0.05, 0.1) is 0 Å². The summed E-state index contributed by atoms with van der Waals surface area (Å²) in [4.78, 5) is 40.2. The summed E-state index contributed by atoms with van der Waals surface area (Å²) >= 11 is 0. The van der Waals surface area contributed by atoms with Gasteiger partial charge in [0.2, 0.25) is 5.91 Å². The number of nitrogens with one attached hydrogen (secondary N) is 2. The molecule has 1 aliphatic heterocycles. The molecule has 2 N–H and O–H groups in total. The molecule has 0 spiro atoms. The fourth-order valence-corrected chi connectivity index (χ4v) is 3.83. The SMILES string of the molecule is CC(C)CNC(=O)[C@@H](NC(=O)c1ccccc1)C1CCN(C(=O)c2ccccc2)CC1. The van der Waals surface area contributed by atoms with Gasteiger partial charge in [-0.1, -0.05) is 50.2 Å². The van der Waals surface area contributed by atoms with Crippen molar-refractivity contribution in [3.63, 3.8) is 0 Å². The number of carbonyl (C=O) groups is 3. The Morgan fingerprint density at radius 3 is 2.00 bits per heavy atom. The molecule has 0 unspecified atom stereocenters. The Balaban J connectivity index is 1.67. The van der Waals surface area contributed by atoms with Gasteiger partial charge in [0.15, 0.2) is 0 Å². The predicted octanol–water partition coefficient (Wildman–Crippen LogP) is 3.11. The maximum Gasteiger partial charge on any atom is 0.253 e. The van der Waals surface area contributed by atoms with Crippen molar-refractivity contribution in [1.82, 2.24) is 15.5 Å². The third-order valence-corrected chi connectivity index (χ3v) is 5.61. The molecule has 1 fully saturated rings. The number of benzene rings is 2. The molecule has 3 rings (SSSR count). The summed E-state index contributed by atoms with van der Waals surface area (Å²) in [7, 11) is 0. The summed E-state index contributed by atoms with van der Waals surface area (Å²) in [5.74, 6) is -0.119. The number of hydrogen-bond donors (Lipinski definition) is 2. The molecule has 1 aliphatic rings. The molecule has 0 saturated carbocycles. The summed E-state index contributed by atoms with van der Waals surface area (Å²) in [5, 5.41) is 5.91. The van der Waals surface area contributed by atoms with Crippen molar-refractivity contribution in [1.29, 1.82) is 0 Å². The van der Waals surface area contributed by atoms with Crippen LogP contribution < -0.4 is 10.6 Å². The van der Waals surface area contributed by atoms with Gasteiger partial charge in [-0.15, -0.1) is 0 Å². The molecule has 6 nitrogen and oxygen atoms in total. The maximum absolute atomic E-state index is 12.9. The average Bonchev–Trinajstić information content (AvgIpc) is 2.81. The lowest BCUT2D eigenvalue weighted by atomic mass is 9.88. The van der Waals surface area contributed by atoms with Crippen LogP contribution in [0.5, 0.6) is 0 Å². The highest BCUT2D eigenvalue weighted by Crippen LogP contribution is 2.23. The molecule has 1 atom stereocenters. The summed E-state index contributed by atoms with van der Waals surface area (Å²) in [5.41, 5.74) is 1.20. The van der Waals surface area contributed by atoms with Crippen LogP contribution in [0.25, 0.3) is 0 Å². The molecule has 2 aromatic carbocycles. The molecule has 0 radical (unpaired) electrons. The van der Waals surface area contributed by atoms with Crippen molar-refractivity contribution in [2.75, 3.05) is 19.6 Å². The van der Waals surface area contributed by atoms with Gasteiger partial charge in [-0.3, -0.25) is 14.4 Å². The summed E-state index contributed by atoms with van der Waals surface area (Å²) in [6.45, 7) is 5.75. The van der Waals surface area contributed by atoms with Gasteiger partial charge < -0.3 is 15.5 Å². The van der Waals surface area contributed by atoms with E-state index in [1.54, 1.807) is 24.3 Å². The van der Waals surface area contributed by atoms with Crippen molar-refractivity contribution in [2.45, 2.75) is 32.7 Å². The largest absolute Gasteiger partial charge is 0.354 e. The smallest absolute Gasteiger partial charge is 0.253 e. The average molecular weight is 422 g/mol. The van der Waals surface area contributed by atoms with Gasteiger partial charge in [-0.25, -0.2) is 0 Å². The van der Waals surface area contributed by atoms with Crippen molar-refractivity contribution in [3.8, 4) is 0 Å². The van der Waals surface area contributed by atoms with E-state index >= 15 is 0 Å². The molecule has 0 aliphatic carbocycles. The second-order valence-electron chi connectivity index (χ2n) is 8.45. The predicted molar refractivity (Wildman–Crippen MR) is 121 cm³/mol. The minimum Gasteiger partial charge on any atom is -0.354 e. The van der Waals surface area contributed by atoms with Crippen LogP contribution in [-0.4, -0.2) is 48.3 Å². The number of carbonyl (C=O) groups excluding carboxylic acids is 3. The van der Waals surface area contributed by atoms with Gasteiger partial charge in [0.25, 0.3) is 11.8 Å². The third kappa shape index (κ3) is 6.17. The van der Waals surface area contributed by atoms with E-state index in [4.69, 9.17) is 0 Å². The molecule has 0 bridgehead atoms. The second-order valence-corrected chi connectivity index (χ2v) is 8.45. The van der Waals surface area contributed by atoms with E-state index in [0.29, 0.717) is 49.5 Å². The van der Waals surface area contributed by atoms with Crippen LogP contribution in [0.2, 0.25) is 0 Å². The minimum absolute atomic E-state index is 0.00757.